The van der Waals surface area contributed by atoms with Crippen LogP contribution in [0.2, 0.25) is 15.1 Å². The minimum Gasteiger partial charge on any atom is -0.350 e. The lowest BCUT2D eigenvalue weighted by atomic mass is 10.2. The molecule has 1 amide bonds. The van der Waals surface area contributed by atoms with Crippen molar-refractivity contribution in [3.8, 4) is 0 Å². The van der Waals surface area contributed by atoms with Crippen LogP contribution in [0.5, 0.6) is 0 Å². The van der Waals surface area contributed by atoms with Gasteiger partial charge in [0, 0.05) is 25.8 Å². The highest BCUT2D eigenvalue weighted by atomic mass is 35.5. The first-order valence-corrected chi connectivity index (χ1v) is 11.3. The van der Waals surface area contributed by atoms with Crippen molar-refractivity contribution in [3.63, 3.8) is 0 Å². The van der Waals surface area contributed by atoms with E-state index in [4.69, 9.17) is 34.8 Å². The van der Waals surface area contributed by atoms with Crippen molar-refractivity contribution in [1.29, 1.82) is 0 Å². The molecule has 0 atom stereocenters. The number of nitrogens with zero attached hydrogens (tertiary/aromatic N) is 3. The maximum absolute atomic E-state index is 12.9. The van der Waals surface area contributed by atoms with Gasteiger partial charge in [-0.25, -0.2) is 8.42 Å². The Kier molecular flexibility index (Phi) is 6.88. The van der Waals surface area contributed by atoms with E-state index in [2.05, 4.69) is 10.4 Å². The molecule has 0 saturated carbocycles. The van der Waals surface area contributed by atoms with E-state index in [1.807, 2.05) is 0 Å². The zero-order valence-corrected chi connectivity index (χ0v) is 18.0. The molecule has 28 heavy (non-hydrogen) atoms. The molecule has 152 valence electrons. The standard InChI is InChI=1S/C17H19Cl3N4O3S/c18-12-10-22-23(11-12)7-4-21-17(25)13-8-16(15(20)9-14(13)19)28(26,27)24-5-2-1-3-6-24/h8-11H,1-7H2,(H,21,25). The summed E-state index contributed by atoms with van der Waals surface area (Å²) >= 11 is 18.1. The summed E-state index contributed by atoms with van der Waals surface area (Å²) in [6, 6.07) is 2.54. The first-order valence-electron chi connectivity index (χ1n) is 8.74. The van der Waals surface area contributed by atoms with Crippen molar-refractivity contribution in [3.05, 3.63) is 45.2 Å². The Morgan fingerprint density at radius 1 is 1.11 bits per heavy atom. The van der Waals surface area contributed by atoms with Crippen LogP contribution in [0, 0.1) is 0 Å². The van der Waals surface area contributed by atoms with Gasteiger partial charge in [-0.1, -0.05) is 41.2 Å². The number of nitrogens with one attached hydrogen (secondary N) is 1. The van der Waals surface area contributed by atoms with Crippen LogP contribution >= 0.6 is 34.8 Å². The number of hydrogen-bond donors (Lipinski definition) is 1. The molecule has 7 nitrogen and oxygen atoms in total. The molecule has 1 aliphatic heterocycles. The van der Waals surface area contributed by atoms with E-state index in [9.17, 15) is 13.2 Å². The highest BCUT2D eigenvalue weighted by Crippen LogP contribution is 2.31. The molecule has 0 radical (unpaired) electrons. The number of halogens is 3. The van der Waals surface area contributed by atoms with Crippen molar-refractivity contribution in [2.24, 2.45) is 0 Å². The number of aromatic nitrogens is 2. The van der Waals surface area contributed by atoms with Gasteiger partial charge < -0.3 is 5.32 Å². The molecule has 0 spiro atoms. The summed E-state index contributed by atoms with van der Waals surface area (Å²) in [5.74, 6) is -0.491. The first-order chi connectivity index (χ1) is 13.3. The normalized spacial score (nSPS) is 15.5. The van der Waals surface area contributed by atoms with Gasteiger partial charge in [0.2, 0.25) is 10.0 Å². The van der Waals surface area contributed by atoms with E-state index in [1.165, 1.54) is 22.6 Å². The van der Waals surface area contributed by atoms with E-state index >= 15 is 0 Å². The van der Waals surface area contributed by atoms with Crippen LogP contribution in [0.1, 0.15) is 29.6 Å². The fourth-order valence-corrected chi connectivity index (χ4v) is 5.49. The summed E-state index contributed by atoms with van der Waals surface area (Å²) in [4.78, 5) is 12.4. The topological polar surface area (TPSA) is 84.3 Å². The molecule has 1 aromatic carbocycles. The van der Waals surface area contributed by atoms with Gasteiger partial charge in [0.15, 0.2) is 0 Å². The lowest BCUT2D eigenvalue weighted by Gasteiger charge is -2.26. The Morgan fingerprint density at radius 3 is 2.46 bits per heavy atom. The average Bonchev–Trinajstić information content (AvgIpc) is 3.07. The van der Waals surface area contributed by atoms with Crippen molar-refractivity contribution >= 4 is 50.7 Å². The Labute approximate surface area is 178 Å². The minimum atomic E-state index is -3.79. The Hall–Kier alpha value is -1.32. The van der Waals surface area contributed by atoms with E-state index < -0.39 is 15.9 Å². The van der Waals surface area contributed by atoms with Crippen LogP contribution in [0.4, 0.5) is 0 Å². The van der Waals surface area contributed by atoms with Crippen LogP contribution < -0.4 is 5.32 Å². The number of benzene rings is 1. The highest BCUT2D eigenvalue weighted by molar-refractivity contribution is 7.89. The van der Waals surface area contributed by atoms with Gasteiger partial charge in [0.1, 0.15) is 4.90 Å². The molecular formula is C17H19Cl3N4O3S. The number of hydrogen-bond acceptors (Lipinski definition) is 4. The predicted molar refractivity (Wildman–Crippen MR) is 109 cm³/mol. The number of piperidine rings is 1. The summed E-state index contributed by atoms with van der Waals surface area (Å²) in [6.45, 7) is 1.55. The Morgan fingerprint density at radius 2 is 1.82 bits per heavy atom. The minimum absolute atomic E-state index is 0.00157. The maximum atomic E-state index is 12.9. The van der Waals surface area contributed by atoms with Crippen molar-refractivity contribution in [1.82, 2.24) is 19.4 Å². The highest BCUT2D eigenvalue weighted by Gasteiger charge is 2.29. The second-order valence-electron chi connectivity index (χ2n) is 6.40. The molecule has 0 aliphatic carbocycles. The fraction of sp³-hybridized carbons (Fsp3) is 0.412. The van der Waals surface area contributed by atoms with Gasteiger partial charge in [-0.3, -0.25) is 9.48 Å². The zero-order chi connectivity index (χ0) is 20.3. The molecule has 3 rings (SSSR count). The molecule has 1 fully saturated rings. The van der Waals surface area contributed by atoms with Gasteiger partial charge in [-0.05, 0) is 25.0 Å². The van der Waals surface area contributed by atoms with E-state index in [-0.39, 0.29) is 27.0 Å². The van der Waals surface area contributed by atoms with Crippen molar-refractivity contribution < 1.29 is 13.2 Å². The van der Waals surface area contributed by atoms with Crippen LogP contribution in [0.3, 0.4) is 0 Å². The Balaban J connectivity index is 1.77. The monoisotopic (exact) mass is 464 g/mol. The summed E-state index contributed by atoms with van der Waals surface area (Å²) < 4.78 is 28.9. The van der Waals surface area contributed by atoms with Gasteiger partial charge in [0.25, 0.3) is 5.91 Å². The quantitative estimate of drug-likeness (QED) is 0.708. The summed E-state index contributed by atoms with van der Waals surface area (Å²) in [6.07, 6.45) is 5.73. The van der Waals surface area contributed by atoms with E-state index in [0.717, 1.165) is 19.3 Å². The zero-order valence-electron chi connectivity index (χ0n) is 14.9. The Bertz CT molecular complexity index is 972. The third kappa shape index (κ3) is 4.80. The number of rotatable bonds is 6. The largest absolute Gasteiger partial charge is 0.350 e. The SMILES string of the molecule is O=C(NCCn1cc(Cl)cn1)c1cc(S(=O)(=O)N2CCCCC2)c(Cl)cc1Cl. The molecule has 11 heteroatoms. The van der Waals surface area contributed by atoms with Crippen LogP contribution in [-0.2, 0) is 16.6 Å². The van der Waals surface area contributed by atoms with Crippen LogP contribution in [0.15, 0.2) is 29.4 Å². The van der Waals surface area contributed by atoms with Crippen LogP contribution in [-0.4, -0.2) is 48.0 Å². The number of amides is 1. The summed E-state index contributed by atoms with van der Waals surface area (Å²) in [7, 11) is -3.79. The molecule has 0 bridgehead atoms. The second kappa shape index (κ2) is 9.00. The van der Waals surface area contributed by atoms with Gasteiger partial charge in [0.05, 0.1) is 33.4 Å². The smallest absolute Gasteiger partial charge is 0.252 e. The molecule has 2 heterocycles. The molecule has 1 aromatic heterocycles. The lowest BCUT2D eigenvalue weighted by molar-refractivity contribution is 0.0952. The summed E-state index contributed by atoms with van der Waals surface area (Å²) in [5, 5.41) is 7.30. The first kappa shape index (κ1) is 21.4. The van der Waals surface area contributed by atoms with Gasteiger partial charge >= 0.3 is 0 Å². The second-order valence-corrected chi connectivity index (χ2v) is 9.56. The van der Waals surface area contributed by atoms with Crippen LogP contribution in [0.25, 0.3) is 0 Å². The third-order valence-electron chi connectivity index (χ3n) is 4.43. The molecule has 2 aromatic rings. The lowest BCUT2D eigenvalue weighted by Crippen LogP contribution is -2.36. The molecule has 0 unspecified atom stereocenters. The average molecular weight is 466 g/mol. The number of carbonyl (C=O) groups is 1. The maximum Gasteiger partial charge on any atom is 0.252 e. The fourth-order valence-electron chi connectivity index (χ4n) is 2.98. The third-order valence-corrected chi connectivity index (χ3v) is 7.30. The van der Waals surface area contributed by atoms with Gasteiger partial charge in [-0.2, -0.15) is 9.40 Å². The number of sulfonamides is 1. The van der Waals surface area contributed by atoms with Crippen molar-refractivity contribution in [2.75, 3.05) is 19.6 Å². The summed E-state index contributed by atoms with van der Waals surface area (Å²) in [5.41, 5.74) is 0.0557. The van der Waals surface area contributed by atoms with E-state index in [1.54, 1.807) is 10.9 Å². The van der Waals surface area contributed by atoms with Gasteiger partial charge in [-0.15, -0.1) is 0 Å². The molecule has 1 aliphatic rings. The predicted octanol–water partition coefficient (Wildman–Crippen LogP) is 3.45. The van der Waals surface area contributed by atoms with E-state index in [0.29, 0.717) is 24.7 Å². The molecular weight excluding hydrogens is 447 g/mol. The molecule has 1 N–H and O–H groups in total. The van der Waals surface area contributed by atoms with Crippen molar-refractivity contribution in [2.45, 2.75) is 30.7 Å². The molecule has 1 saturated heterocycles. The number of carbonyl (C=O) groups excluding carboxylic acids is 1.